The van der Waals surface area contributed by atoms with Crippen LogP contribution in [0.4, 0.5) is 0 Å². The molecule has 0 aliphatic heterocycles. The van der Waals surface area contributed by atoms with Crippen molar-refractivity contribution < 1.29 is 9.47 Å². The summed E-state index contributed by atoms with van der Waals surface area (Å²) in [5.74, 6) is 3.66. The molecule has 0 bridgehead atoms. The Morgan fingerprint density at radius 1 is 1.17 bits per heavy atom. The van der Waals surface area contributed by atoms with E-state index in [9.17, 15) is 0 Å². The van der Waals surface area contributed by atoms with Crippen LogP contribution in [-0.2, 0) is 0 Å². The minimum Gasteiger partial charge on any atom is -0.493 e. The number of methoxy groups -OCH3 is 2. The van der Waals surface area contributed by atoms with E-state index in [-0.39, 0.29) is 0 Å². The van der Waals surface area contributed by atoms with E-state index < -0.39 is 0 Å². The molecular weight excluding hydrogens is 230 g/mol. The number of nitrogens with one attached hydrogen (secondary N) is 1. The van der Waals surface area contributed by atoms with Crippen LogP contribution in [-0.4, -0.2) is 29.4 Å². The SMILES string of the molecule is COc1ccc(-c2n[nH]c(C3CC3)n2)cc1OC. The maximum atomic E-state index is 5.27. The Labute approximate surface area is 105 Å². The second-order valence-corrected chi connectivity index (χ2v) is 4.39. The summed E-state index contributed by atoms with van der Waals surface area (Å²) in [7, 11) is 3.24. The van der Waals surface area contributed by atoms with E-state index in [1.807, 2.05) is 18.2 Å². The molecule has 0 spiro atoms. The molecular formula is C13H15N3O2. The lowest BCUT2D eigenvalue weighted by atomic mass is 10.2. The second-order valence-electron chi connectivity index (χ2n) is 4.39. The zero-order valence-electron chi connectivity index (χ0n) is 10.4. The van der Waals surface area contributed by atoms with Gasteiger partial charge in [0.2, 0.25) is 0 Å². The van der Waals surface area contributed by atoms with Crippen LogP contribution in [0.25, 0.3) is 11.4 Å². The van der Waals surface area contributed by atoms with Gasteiger partial charge in [-0.2, -0.15) is 5.10 Å². The Balaban J connectivity index is 1.94. The smallest absolute Gasteiger partial charge is 0.181 e. The number of rotatable bonds is 4. The molecule has 3 rings (SSSR count). The molecule has 1 N–H and O–H groups in total. The van der Waals surface area contributed by atoms with Gasteiger partial charge in [0, 0.05) is 11.5 Å². The van der Waals surface area contributed by atoms with Crippen LogP contribution in [0.2, 0.25) is 0 Å². The fourth-order valence-corrected chi connectivity index (χ4v) is 1.92. The first-order valence-electron chi connectivity index (χ1n) is 5.96. The summed E-state index contributed by atoms with van der Waals surface area (Å²) in [5, 5.41) is 7.25. The number of hydrogen-bond donors (Lipinski definition) is 1. The van der Waals surface area contributed by atoms with Crippen LogP contribution >= 0.6 is 0 Å². The fourth-order valence-electron chi connectivity index (χ4n) is 1.92. The first kappa shape index (κ1) is 11.1. The highest BCUT2D eigenvalue weighted by Crippen LogP contribution is 2.38. The van der Waals surface area contributed by atoms with Crippen LogP contribution < -0.4 is 9.47 Å². The first-order chi connectivity index (χ1) is 8.81. The lowest BCUT2D eigenvalue weighted by molar-refractivity contribution is 0.355. The van der Waals surface area contributed by atoms with E-state index in [1.165, 1.54) is 12.8 Å². The molecule has 0 radical (unpaired) electrons. The van der Waals surface area contributed by atoms with Gasteiger partial charge in [-0.25, -0.2) is 4.98 Å². The maximum absolute atomic E-state index is 5.27. The number of benzene rings is 1. The molecule has 1 aromatic carbocycles. The van der Waals surface area contributed by atoms with Crippen LogP contribution in [0.15, 0.2) is 18.2 Å². The predicted octanol–water partition coefficient (Wildman–Crippen LogP) is 2.37. The van der Waals surface area contributed by atoms with Crippen molar-refractivity contribution >= 4 is 0 Å². The third-order valence-corrected chi connectivity index (χ3v) is 3.11. The van der Waals surface area contributed by atoms with Crippen molar-refractivity contribution in [3.8, 4) is 22.9 Å². The molecule has 0 atom stereocenters. The fraction of sp³-hybridized carbons (Fsp3) is 0.385. The van der Waals surface area contributed by atoms with Gasteiger partial charge in [0.15, 0.2) is 17.3 Å². The van der Waals surface area contributed by atoms with Gasteiger partial charge in [0.05, 0.1) is 14.2 Å². The van der Waals surface area contributed by atoms with E-state index in [0.29, 0.717) is 23.2 Å². The van der Waals surface area contributed by atoms with E-state index in [2.05, 4.69) is 15.2 Å². The summed E-state index contributed by atoms with van der Waals surface area (Å²) in [6.07, 6.45) is 2.42. The minimum atomic E-state index is 0.575. The molecule has 5 nitrogen and oxygen atoms in total. The molecule has 18 heavy (non-hydrogen) atoms. The number of ether oxygens (including phenoxy) is 2. The molecule has 94 valence electrons. The third-order valence-electron chi connectivity index (χ3n) is 3.11. The summed E-state index contributed by atoms with van der Waals surface area (Å²) in [4.78, 5) is 4.51. The van der Waals surface area contributed by atoms with Crippen molar-refractivity contribution in [2.75, 3.05) is 14.2 Å². The minimum absolute atomic E-state index is 0.575. The van der Waals surface area contributed by atoms with Crippen molar-refractivity contribution in [2.45, 2.75) is 18.8 Å². The van der Waals surface area contributed by atoms with Crippen LogP contribution in [0, 0.1) is 0 Å². The first-order valence-corrected chi connectivity index (χ1v) is 5.96. The van der Waals surface area contributed by atoms with E-state index in [0.717, 1.165) is 11.4 Å². The quantitative estimate of drug-likeness (QED) is 0.898. The zero-order valence-corrected chi connectivity index (χ0v) is 10.4. The van der Waals surface area contributed by atoms with E-state index >= 15 is 0 Å². The van der Waals surface area contributed by atoms with Gasteiger partial charge in [-0.05, 0) is 31.0 Å². The van der Waals surface area contributed by atoms with Gasteiger partial charge in [-0.15, -0.1) is 0 Å². The average Bonchev–Trinajstić information content (AvgIpc) is 3.16. The Kier molecular flexibility index (Phi) is 2.66. The molecule has 1 aliphatic rings. The van der Waals surface area contributed by atoms with E-state index in [1.54, 1.807) is 14.2 Å². The maximum Gasteiger partial charge on any atom is 0.181 e. The Hall–Kier alpha value is -2.04. The Bertz CT molecular complexity index is 561. The third kappa shape index (κ3) is 1.92. The van der Waals surface area contributed by atoms with E-state index in [4.69, 9.17) is 9.47 Å². The summed E-state index contributed by atoms with van der Waals surface area (Å²) in [5.41, 5.74) is 0.927. The predicted molar refractivity (Wildman–Crippen MR) is 66.9 cm³/mol. The topological polar surface area (TPSA) is 60.0 Å². The molecule has 0 saturated heterocycles. The standard InChI is InChI=1S/C13H15N3O2/c1-17-10-6-5-9(7-11(10)18-2)13-14-12(15-16-13)8-3-4-8/h5-8H,3-4H2,1-2H3,(H,14,15,16). The van der Waals surface area contributed by atoms with Gasteiger partial charge in [-0.1, -0.05) is 0 Å². The summed E-state index contributed by atoms with van der Waals surface area (Å²) >= 11 is 0. The van der Waals surface area contributed by atoms with Crippen molar-refractivity contribution in [3.63, 3.8) is 0 Å². The normalized spacial score (nSPS) is 14.6. The lowest BCUT2D eigenvalue weighted by Crippen LogP contribution is -1.91. The molecule has 5 heteroatoms. The Morgan fingerprint density at radius 3 is 2.61 bits per heavy atom. The van der Waals surface area contributed by atoms with Gasteiger partial charge in [-0.3, -0.25) is 5.10 Å². The number of nitrogens with zero attached hydrogens (tertiary/aromatic N) is 2. The number of aromatic amines is 1. The van der Waals surface area contributed by atoms with Crippen LogP contribution in [0.1, 0.15) is 24.6 Å². The monoisotopic (exact) mass is 245 g/mol. The molecule has 1 heterocycles. The Morgan fingerprint density at radius 2 is 1.94 bits per heavy atom. The largest absolute Gasteiger partial charge is 0.493 e. The van der Waals surface area contributed by atoms with Gasteiger partial charge in [0.25, 0.3) is 0 Å². The summed E-state index contributed by atoms with van der Waals surface area (Å²) in [6.45, 7) is 0. The zero-order chi connectivity index (χ0) is 12.5. The highest BCUT2D eigenvalue weighted by molar-refractivity contribution is 5.60. The summed E-state index contributed by atoms with van der Waals surface area (Å²) < 4.78 is 10.5. The average molecular weight is 245 g/mol. The van der Waals surface area contributed by atoms with Gasteiger partial charge >= 0.3 is 0 Å². The number of H-pyrrole nitrogens is 1. The number of hydrogen-bond acceptors (Lipinski definition) is 4. The van der Waals surface area contributed by atoms with Crippen molar-refractivity contribution in [2.24, 2.45) is 0 Å². The molecule has 1 aromatic heterocycles. The van der Waals surface area contributed by atoms with Gasteiger partial charge in [0.1, 0.15) is 5.82 Å². The highest BCUT2D eigenvalue weighted by Gasteiger charge is 2.27. The van der Waals surface area contributed by atoms with Crippen LogP contribution in [0.5, 0.6) is 11.5 Å². The molecule has 1 aliphatic carbocycles. The highest BCUT2D eigenvalue weighted by atomic mass is 16.5. The molecule has 0 amide bonds. The van der Waals surface area contributed by atoms with Crippen LogP contribution in [0.3, 0.4) is 0 Å². The summed E-state index contributed by atoms with van der Waals surface area (Å²) in [6, 6.07) is 5.68. The molecule has 0 unspecified atom stereocenters. The molecule has 2 aromatic rings. The van der Waals surface area contributed by atoms with Gasteiger partial charge < -0.3 is 9.47 Å². The van der Waals surface area contributed by atoms with Crippen molar-refractivity contribution in [1.29, 1.82) is 0 Å². The van der Waals surface area contributed by atoms with Crippen molar-refractivity contribution in [3.05, 3.63) is 24.0 Å². The number of aromatic nitrogens is 3. The lowest BCUT2D eigenvalue weighted by Gasteiger charge is -2.07. The van der Waals surface area contributed by atoms with Crippen molar-refractivity contribution in [1.82, 2.24) is 15.2 Å². The molecule has 1 fully saturated rings. The second kappa shape index (κ2) is 4.33. The molecule has 1 saturated carbocycles.